The molecule has 0 atom stereocenters. The van der Waals surface area contributed by atoms with Crippen molar-refractivity contribution in [1.82, 2.24) is 14.8 Å². The molecule has 166 valence electrons. The molecule has 0 bridgehead atoms. The van der Waals surface area contributed by atoms with E-state index < -0.39 is 9.84 Å². The zero-order chi connectivity index (χ0) is 22.7. The van der Waals surface area contributed by atoms with Gasteiger partial charge in [-0.2, -0.15) is 5.10 Å². The molecule has 0 unspecified atom stereocenters. The van der Waals surface area contributed by atoms with Crippen LogP contribution < -0.4 is 9.64 Å². The zero-order valence-electron chi connectivity index (χ0n) is 17.6. The van der Waals surface area contributed by atoms with Crippen LogP contribution in [0.3, 0.4) is 0 Å². The summed E-state index contributed by atoms with van der Waals surface area (Å²) in [5.41, 5.74) is 0.966. The Balaban J connectivity index is 1.74. The first-order chi connectivity index (χ1) is 15.4. The third-order valence-corrected chi connectivity index (χ3v) is 6.92. The van der Waals surface area contributed by atoms with Crippen LogP contribution in [0.15, 0.2) is 65.8 Å². The molecule has 1 amide bonds. The highest BCUT2D eigenvalue weighted by Crippen LogP contribution is 2.35. The predicted octanol–water partition coefficient (Wildman–Crippen LogP) is 3.64. The molecule has 0 aliphatic heterocycles. The maximum Gasteiger partial charge on any atom is 0.260 e. The van der Waals surface area contributed by atoms with Crippen LogP contribution in [0.25, 0.3) is 10.2 Å². The summed E-state index contributed by atoms with van der Waals surface area (Å²) in [7, 11) is -3.44. The van der Waals surface area contributed by atoms with Crippen LogP contribution in [0, 0.1) is 0 Å². The van der Waals surface area contributed by atoms with Gasteiger partial charge in [-0.05, 0) is 43.3 Å². The topological polar surface area (TPSA) is 94.4 Å². The van der Waals surface area contributed by atoms with Crippen molar-refractivity contribution in [2.24, 2.45) is 0 Å². The van der Waals surface area contributed by atoms with E-state index in [0.717, 1.165) is 11.0 Å². The first kappa shape index (κ1) is 22.0. The van der Waals surface area contributed by atoms with Gasteiger partial charge in [0.1, 0.15) is 11.3 Å². The Hall–Kier alpha value is -3.24. The number of amides is 1. The summed E-state index contributed by atoms with van der Waals surface area (Å²) in [6, 6.07) is 13.5. The van der Waals surface area contributed by atoms with Gasteiger partial charge in [-0.1, -0.05) is 23.5 Å². The third-order valence-electron chi connectivity index (χ3n) is 4.77. The lowest BCUT2D eigenvalue weighted by molar-refractivity contribution is 0.0985. The summed E-state index contributed by atoms with van der Waals surface area (Å²) in [4.78, 5) is 19.9. The number of carbonyl (C=O) groups excluding carboxylic acids is 1. The minimum Gasteiger partial charge on any atom is -0.492 e. The number of thiazole rings is 1. The molecule has 8 nitrogen and oxygen atoms in total. The average Bonchev–Trinajstić information content (AvgIpc) is 3.44. The van der Waals surface area contributed by atoms with Crippen LogP contribution in [0.2, 0.25) is 0 Å². The highest BCUT2D eigenvalue weighted by atomic mass is 32.2. The zero-order valence-corrected chi connectivity index (χ0v) is 19.3. The average molecular weight is 471 g/mol. The number of benzene rings is 2. The number of rotatable bonds is 8. The first-order valence-corrected chi connectivity index (χ1v) is 12.7. The summed E-state index contributed by atoms with van der Waals surface area (Å²) in [6.45, 7) is 3.18. The maximum absolute atomic E-state index is 13.5. The van der Waals surface area contributed by atoms with Gasteiger partial charge in [0.25, 0.3) is 5.91 Å². The van der Waals surface area contributed by atoms with Gasteiger partial charge in [-0.25, -0.2) is 13.4 Å². The molecule has 4 aromatic rings. The highest BCUT2D eigenvalue weighted by Gasteiger charge is 2.23. The molecule has 10 heteroatoms. The molecule has 2 aromatic carbocycles. The molecule has 0 saturated heterocycles. The van der Waals surface area contributed by atoms with E-state index in [0.29, 0.717) is 36.1 Å². The van der Waals surface area contributed by atoms with Crippen molar-refractivity contribution >= 4 is 42.4 Å². The van der Waals surface area contributed by atoms with E-state index in [1.165, 1.54) is 23.5 Å². The SMILES string of the molecule is CCOc1cccc2sc(N(CCn3cccn3)C(=O)c3cccc(S(C)(=O)=O)c3)nc12. The molecule has 2 heterocycles. The number of anilines is 1. The molecular formula is C22H22N4O4S2. The lowest BCUT2D eigenvalue weighted by Gasteiger charge is -2.20. The van der Waals surface area contributed by atoms with Gasteiger partial charge in [-0.15, -0.1) is 0 Å². The Kier molecular flexibility index (Phi) is 6.24. The van der Waals surface area contributed by atoms with Crippen LogP contribution in [0.5, 0.6) is 5.75 Å². The summed E-state index contributed by atoms with van der Waals surface area (Å²) < 4.78 is 32.3. The lowest BCUT2D eigenvalue weighted by atomic mass is 10.2. The Labute approximate surface area is 190 Å². The normalized spacial score (nSPS) is 11.6. The summed E-state index contributed by atoms with van der Waals surface area (Å²) >= 11 is 1.38. The molecule has 4 rings (SSSR count). The van der Waals surface area contributed by atoms with Gasteiger partial charge in [0, 0.05) is 30.8 Å². The van der Waals surface area contributed by atoms with Crippen molar-refractivity contribution in [3.05, 3.63) is 66.5 Å². The minimum absolute atomic E-state index is 0.0957. The van der Waals surface area contributed by atoms with E-state index in [1.807, 2.05) is 37.4 Å². The van der Waals surface area contributed by atoms with E-state index >= 15 is 0 Å². The number of para-hydroxylation sites is 1. The summed E-state index contributed by atoms with van der Waals surface area (Å²) in [6.07, 6.45) is 4.61. The summed E-state index contributed by atoms with van der Waals surface area (Å²) in [5, 5.41) is 4.71. The van der Waals surface area contributed by atoms with Crippen LogP contribution in [0.4, 0.5) is 5.13 Å². The van der Waals surface area contributed by atoms with Gasteiger partial charge >= 0.3 is 0 Å². The predicted molar refractivity (Wildman–Crippen MR) is 124 cm³/mol. The second-order valence-electron chi connectivity index (χ2n) is 7.06. The van der Waals surface area contributed by atoms with Gasteiger partial charge in [-0.3, -0.25) is 14.4 Å². The van der Waals surface area contributed by atoms with Crippen molar-refractivity contribution in [2.75, 3.05) is 24.3 Å². The number of ether oxygens (including phenoxy) is 1. The van der Waals surface area contributed by atoms with Gasteiger partial charge in [0.05, 0.1) is 22.7 Å². The fraction of sp³-hybridized carbons (Fsp3) is 0.227. The second kappa shape index (κ2) is 9.09. The van der Waals surface area contributed by atoms with E-state index in [4.69, 9.17) is 9.72 Å². The molecule has 0 aliphatic rings. The standard InChI is InChI=1S/C22H22N4O4S2/c1-3-30-18-9-5-10-19-20(18)24-22(31-19)26(14-13-25-12-6-11-23-25)21(27)16-7-4-8-17(15-16)32(2,28)29/h4-12,15H,3,13-14H2,1-2H3. The summed E-state index contributed by atoms with van der Waals surface area (Å²) in [5.74, 6) is 0.325. The lowest BCUT2D eigenvalue weighted by Crippen LogP contribution is -2.34. The van der Waals surface area contributed by atoms with E-state index in [9.17, 15) is 13.2 Å². The van der Waals surface area contributed by atoms with E-state index in [1.54, 1.807) is 27.9 Å². The fourth-order valence-corrected chi connectivity index (χ4v) is 4.91. The number of aromatic nitrogens is 3. The third kappa shape index (κ3) is 4.66. The van der Waals surface area contributed by atoms with Crippen molar-refractivity contribution < 1.29 is 17.9 Å². The van der Waals surface area contributed by atoms with E-state index in [2.05, 4.69) is 5.10 Å². The van der Waals surface area contributed by atoms with Crippen molar-refractivity contribution in [2.45, 2.75) is 18.4 Å². The highest BCUT2D eigenvalue weighted by molar-refractivity contribution is 7.90. The molecule has 0 radical (unpaired) electrons. The van der Waals surface area contributed by atoms with Crippen LogP contribution in [-0.2, 0) is 16.4 Å². The number of nitrogens with zero attached hydrogens (tertiary/aromatic N) is 4. The number of hydrogen-bond acceptors (Lipinski definition) is 7. The number of hydrogen-bond donors (Lipinski definition) is 0. The number of fused-ring (bicyclic) bond motifs is 1. The first-order valence-electron chi connectivity index (χ1n) is 9.98. The molecule has 0 spiro atoms. The molecular weight excluding hydrogens is 448 g/mol. The van der Waals surface area contributed by atoms with Crippen molar-refractivity contribution in [3.8, 4) is 5.75 Å². The minimum atomic E-state index is -3.44. The maximum atomic E-state index is 13.5. The van der Waals surface area contributed by atoms with Gasteiger partial charge < -0.3 is 4.74 Å². The molecule has 2 aromatic heterocycles. The molecule has 32 heavy (non-hydrogen) atoms. The largest absolute Gasteiger partial charge is 0.492 e. The van der Waals surface area contributed by atoms with Crippen LogP contribution in [-0.4, -0.2) is 48.5 Å². The van der Waals surface area contributed by atoms with Gasteiger partial charge in [0.15, 0.2) is 15.0 Å². The Bertz CT molecular complexity index is 1350. The van der Waals surface area contributed by atoms with Crippen LogP contribution in [0.1, 0.15) is 17.3 Å². The van der Waals surface area contributed by atoms with Crippen LogP contribution >= 0.6 is 11.3 Å². The Morgan fingerprint density at radius 3 is 2.72 bits per heavy atom. The fourth-order valence-electron chi connectivity index (χ4n) is 3.23. The van der Waals surface area contributed by atoms with E-state index in [-0.39, 0.29) is 16.4 Å². The smallest absolute Gasteiger partial charge is 0.260 e. The molecule has 0 saturated carbocycles. The van der Waals surface area contributed by atoms with Crippen molar-refractivity contribution in [3.63, 3.8) is 0 Å². The second-order valence-corrected chi connectivity index (χ2v) is 10.1. The Morgan fingerprint density at radius 2 is 2.00 bits per heavy atom. The molecule has 0 fully saturated rings. The number of carbonyl (C=O) groups is 1. The number of sulfone groups is 1. The monoisotopic (exact) mass is 470 g/mol. The van der Waals surface area contributed by atoms with Crippen molar-refractivity contribution in [1.29, 1.82) is 0 Å². The quantitative estimate of drug-likeness (QED) is 0.390. The molecule has 0 aliphatic carbocycles. The molecule has 0 N–H and O–H groups in total. The van der Waals surface area contributed by atoms with Gasteiger partial charge in [0.2, 0.25) is 0 Å². The Morgan fingerprint density at radius 1 is 1.19 bits per heavy atom.